The lowest BCUT2D eigenvalue weighted by Crippen LogP contribution is -2.32. The molecule has 1 N–H and O–H groups in total. The largest absolute Gasteiger partial charge is 0.478 e. The number of rotatable bonds is 3. The van der Waals surface area contributed by atoms with Gasteiger partial charge in [0.05, 0.1) is 0 Å². The summed E-state index contributed by atoms with van der Waals surface area (Å²) in [7, 11) is 0. The van der Waals surface area contributed by atoms with Crippen molar-refractivity contribution in [3.8, 4) is 0 Å². The molecule has 74 valence electrons. The maximum absolute atomic E-state index is 10.2. The van der Waals surface area contributed by atoms with E-state index >= 15 is 0 Å². The fourth-order valence-corrected chi connectivity index (χ4v) is 1.55. The smallest absolute Gasteiger partial charge is 0.328 e. The van der Waals surface area contributed by atoms with Gasteiger partial charge in [-0.15, -0.1) is 0 Å². The molecule has 0 aliphatic carbocycles. The van der Waals surface area contributed by atoms with Crippen LogP contribution in [-0.4, -0.2) is 35.6 Å². The fourth-order valence-electron chi connectivity index (χ4n) is 1.55. The summed E-state index contributed by atoms with van der Waals surface area (Å²) in [5, 5.41) is 8.38. The first-order valence-corrected chi connectivity index (χ1v) is 4.80. The third-order valence-corrected chi connectivity index (χ3v) is 2.50. The van der Waals surface area contributed by atoms with Crippen molar-refractivity contribution in [3.05, 3.63) is 12.2 Å². The molecule has 0 saturated carbocycles. The van der Waals surface area contributed by atoms with E-state index in [0.29, 0.717) is 0 Å². The van der Waals surface area contributed by atoms with Crippen molar-refractivity contribution in [2.75, 3.05) is 19.6 Å². The van der Waals surface area contributed by atoms with Gasteiger partial charge >= 0.3 is 5.97 Å². The SMILES string of the molecule is CC1CCN(CC=CC(=O)O)CC1. The van der Waals surface area contributed by atoms with Crippen LogP contribution in [-0.2, 0) is 4.79 Å². The van der Waals surface area contributed by atoms with Gasteiger partial charge in [-0.3, -0.25) is 4.90 Å². The quantitative estimate of drug-likeness (QED) is 0.672. The molecule has 1 heterocycles. The Morgan fingerprint density at radius 2 is 2.15 bits per heavy atom. The van der Waals surface area contributed by atoms with Crippen LogP contribution in [0.5, 0.6) is 0 Å². The third-order valence-electron chi connectivity index (χ3n) is 2.50. The lowest BCUT2D eigenvalue weighted by atomic mass is 9.99. The van der Waals surface area contributed by atoms with Crippen molar-refractivity contribution in [3.63, 3.8) is 0 Å². The molecule has 3 nitrogen and oxygen atoms in total. The molecule has 1 aliphatic rings. The zero-order valence-electron chi connectivity index (χ0n) is 8.07. The molecule has 0 atom stereocenters. The number of hydrogen-bond acceptors (Lipinski definition) is 2. The van der Waals surface area contributed by atoms with E-state index in [4.69, 9.17) is 5.11 Å². The average molecular weight is 183 g/mol. The van der Waals surface area contributed by atoms with Crippen molar-refractivity contribution in [1.29, 1.82) is 0 Å². The zero-order chi connectivity index (χ0) is 9.68. The third kappa shape index (κ3) is 4.08. The van der Waals surface area contributed by atoms with Crippen molar-refractivity contribution in [2.24, 2.45) is 5.92 Å². The van der Waals surface area contributed by atoms with Crippen LogP contribution in [0.15, 0.2) is 12.2 Å². The maximum Gasteiger partial charge on any atom is 0.328 e. The molecule has 0 aromatic carbocycles. The lowest BCUT2D eigenvalue weighted by Gasteiger charge is -2.28. The summed E-state index contributed by atoms with van der Waals surface area (Å²) >= 11 is 0. The van der Waals surface area contributed by atoms with Crippen LogP contribution in [0.3, 0.4) is 0 Å². The second-order valence-corrected chi connectivity index (χ2v) is 3.72. The predicted molar refractivity (Wildman–Crippen MR) is 51.6 cm³/mol. The average Bonchev–Trinajstić information content (AvgIpc) is 2.08. The minimum absolute atomic E-state index is 0.777. The molecule has 1 fully saturated rings. The van der Waals surface area contributed by atoms with Gasteiger partial charge in [-0.2, -0.15) is 0 Å². The first-order valence-electron chi connectivity index (χ1n) is 4.80. The van der Waals surface area contributed by atoms with Crippen molar-refractivity contribution < 1.29 is 9.90 Å². The van der Waals surface area contributed by atoms with Crippen LogP contribution in [0.1, 0.15) is 19.8 Å². The van der Waals surface area contributed by atoms with Gasteiger partial charge in [0.2, 0.25) is 0 Å². The molecule has 0 bridgehead atoms. The minimum atomic E-state index is -0.856. The Labute approximate surface area is 79.0 Å². The molecular formula is C10H17NO2. The highest BCUT2D eigenvalue weighted by molar-refractivity contribution is 5.79. The molecule has 0 amide bonds. The normalized spacial score (nSPS) is 21.0. The van der Waals surface area contributed by atoms with Crippen molar-refractivity contribution in [2.45, 2.75) is 19.8 Å². The van der Waals surface area contributed by atoms with Gasteiger partial charge in [-0.25, -0.2) is 4.79 Å². The topological polar surface area (TPSA) is 40.5 Å². The van der Waals surface area contributed by atoms with E-state index in [1.165, 1.54) is 18.9 Å². The number of carboxylic acid groups (broad SMARTS) is 1. The first kappa shape index (κ1) is 10.3. The Balaban J connectivity index is 2.19. The molecule has 3 heteroatoms. The second kappa shape index (κ2) is 5.02. The number of aliphatic carboxylic acids is 1. The summed E-state index contributed by atoms with van der Waals surface area (Å²) in [5.41, 5.74) is 0. The number of carboxylic acids is 1. The standard InChI is InChI=1S/C10H17NO2/c1-9-4-7-11(8-5-9)6-2-3-10(12)13/h2-3,9H,4-8H2,1H3,(H,12,13). The van der Waals surface area contributed by atoms with E-state index in [9.17, 15) is 4.79 Å². The number of hydrogen-bond donors (Lipinski definition) is 1. The van der Waals surface area contributed by atoms with E-state index in [1.54, 1.807) is 6.08 Å². The predicted octanol–water partition coefficient (Wildman–Crippen LogP) is 1.36. The number of piperidine rings is 1. The van der Waals surface area contributed by atoms with Gasteiger partial charge in [0.1, 0.15) is 0 Å². The van der Waals surface area contributed by atoms with Crippen LogP contribution in [0, 0.1) is 5.92 Å². The molecule has 0 spiro atoms. The van der Waals surface area contributed by atoms with Crippen molar-refractivity contribution >= 4 is 5.97 Å². The second-order valence-electron chi connectivity index (χ2n) is 3.72. The van der Waals surface area contributed by atoms with Crippen LogP contribution in [0.4, 0.5) is 0 Å². The van der Waals surface area contributed by atoms with E-state index < -0.39 is 5.97 Å². The summed E-state index contributed by atoms with van der Waals surface area (Å²) in [4.78, 5) is 12.5. The zero-order valence-corrected chi connectivity index (χ0v) is 8.07. The van der Waals surface area contributed by atoms with Crippen LogP contribution >= 0.6 is 0 Å². The first-order chi connectivity index (χ1) is 6.18. The Bertz CT molecular complexity index is 193. The van der Waals surface area contributed by atoms with Crippen LogP contribution in [0.2, 0.25) is 0 Å². The van der Waals surface area contributed by atoms with Crippen LogP contribution in [0.25, 0.3) is 0 Å². The van der Waals surface area contributed by atoms with Gasteiger partial charge in [-0.05, 0) is 31.8 Å². The molecule has 0 radical (unpaired) electrons. The summed E-state index contributed by atoms with van der Waals surface area (Å²) in [6.07, 6.45) is 5.41. The molecule has 0 unspecified atom stereocenters. The highest BCUT2D eigenvalue weighted by atomic mass is 16.4. The lowest BCUT2D eigenvalue weighted by molar-refractivity contribution is -0.131. The van der Waals surface area contributed by atoms with Crippen molar-refractivity contribution in [1.82, 2.24) is 4.90 Å². The number of carbonyl (C=O) groups is 1. The Morgan fingerprint density at radius 3 is 2.69 bits per heavy atom. The van der Waals surface area contributed by atoms with E-state index in [2.05, 4.69) is 11.8 Å². The molecule has 1 rings (SSSR count). The molecule has 0 aromatic rings. The summed E-state index contributed by atoms with van der Waals surface area (Å²) < 4.78 is 0. The van der Waals surface area contributed by atoms with E-state index in [-0.39, 0.29) is 0 Å². The van der Waals surface area contributed by atoms with Gasteiger partial charge in [-0.1, -0.05) is 13.0 Å². The van der Waals surface area contributed by atoms with Crippen LogP contribution < -0.4 is 0 Å². The fraction of sp³-hybridized carbons (Fsp3) is 0.700. The van der Waals surface area contributed by atoms with E-state index in [1.807, 2.05) is 0 Å². The van der Waals surface area contributed by atoms with Gasteiger partial charge < -0.3 is 5.11 Å². The van der Waals surface area contributed by atoms with Gasteiger partial charge in [0, 0.05) is 12.6 Å². The number of likely N-dealkylation sites (tertiary alicyclic amines) is 1. The molecule has 13 heavy (non-hydrogen) atoms. The number of nitrogens with zero attached hydrogens (tertiary/aromatic N) is 1. The molecule has 0 aromatic heterocycles. The monoisotopic (exact) mass is 183 g/mol. The summed E-state index contributed by atoms with van der Waals surface area (Å²) in [6, 6.07) is 0. The molecule has 1 saturated heterocycles. The Morgan fingerprint density at radius 1 is 1.54 bits per heavy atom. The van der Waals surface area contributed by atoms with Gasteiger partial charge in [0.15, 0.2) is 0 Å². The highest BCUT2D eigenvalue weighted by Gasteiger charge is 2.13. The maximum atomic E-state index is 10.2. The van der Waals surface area contributed by atoms with E-state index in [0.717, 1.165) is 25.6 Å². The highest BCUT2D eigenvalue weighted by Crippen LogP contribution is 2.15. The Hall–Kier alpha value is -0.830. The molecule has 1 aliphatic heterocycles. The minimum Gasteiger partial charge on any atom is -0.478 e. The summed E-state index contributed by atoms with van der Waals surface area (Å²) in [6.45, 7) is 5.25. The summed E-state index contributed by atoms with van der Waals surface area (Å²) in [5.74, 6) is -0.0231. The Kier molecular flexibility index (Phi) is 3.96. The molecular weight excluding hydrogens is 166 g/mol. The van der Waals surface area contributed by atoms with Gasteiger partial charge in [0.25, 0.3) is 0 Å².